The maximum atomic E-state index is 10.2. The Kier molecular flexibility index (Phi) is 4.74. The number of aliphatic carboxylic acids is 1. The number of carbonyl (C=O) groups excluding carboxylic acids is 1. The second kappa shape index (κ2) is 5.10. The molecule has 0 aromatic carbocycles. The minimum absolute atomic E-state index is 0.120. The molecule has 0 aliphatic heterocycles. The molecule has 0 saturated heterocycles. The summed E-state index contributed by atoms with van der Waals surface area (Å²) < 4.78 is 4.26. The molecule has 10 heavy (non-hydrogen) atoms. The molecule has 0 amide bonds. The number of carboxylic acid groups (broad SMARTS) is 1. The summed E-state index contributed by atoms with van der Waals surface area (Å²) >= 11 is 3.84. The molecule has 0 fully saturated rings. The Hall–Kier alpha value is -0.710. The van der Waals surface area contributed by atoms with Crippen molar-refractivity contribution in [3.8, 4) is 0 Å². The minimum atomic E-state index is -1.56. The minimum Gasteiger partial charge on any atom is -0.473 e. The van der Waals surface area contributed by atoms with Gasteiger partial charge in [0.15, 0.2) is 0 Å². The highest BCUT2D eigenvalue weighted by Crippen LogP contribution is 1.86. The highest BCUT2D eigenvalue weighted by atomic mass is 32.1. The maximum absolute atomic E-state index is 10.2. The van der Waals surface area contributed by atoms with Crippen LogP contribution >= 0.6 is 12.6 Å². The molecule has 0 spiro atoms. The van der Waals surface area contributed by atoms with Crippen LogP contribution in [-0.4, -0.2) is 29.4 Å². The van der Waals surface area contributed by atoms with E-state index < -0.39 is 11.9 Å². The fourth-order valence-corrected chi connectivity index (χ4v) is 0.420. The lowest BCUT2D eigenvalue weighted by molar-refractivity contribution is -0.163. The molecule has 0 heterocycles. The van der Waals surface area contributed by atoms with E-state index in [2.05, 4.69) is 17.4 Å². The third-order valence-electron chi connectivity index (χ3n) is 0.710. The summed E-state index contributed by atoms with van der Waals surface area (Å²) in [5, 5.41) is 7.99. The number of ether oxygens (including phenoxy) is 1. The van der Waals surface area contributed by atoms with Crippen LogP contribution in [0.15, 0.2) is 0 Å². The van der Waals surface area contributed by atoms with Crippen molar-refractivity contribution in [1.82, 2.24) is 0 Å². The molecule has 0 bridgehead atoms. The molecule has 4 nitrogen and oxygen atoms in total. The van der Waals surface area contributed by atoms with Gasteiger partial charge in [-0.2, -0.15) is 12.6 Å². The summed E-state index contributed by atoms with van der Waals surface area (Å²) in [6.07, 6.45) is 0.572. The predicted molar refractivity (Wildman–Crippen MR) is 37.1 cm³/mol. The summed E-state index contributed by atoms with van der Waals surface area (Å²) in [4.78, 5) is 20.0. The Labute approximate surface area is 63.6 Å². The van der Waals surface area contributed by atoms with Crippen molar-refractivity contribution in [3.63, 3.8) is 0 Å². The quantitative estimate of drug-likeness (QED) is 0.265. The molecule has 0 aromatic heterocycles. The summed E-state index contributed by atoms with van der Waals surface area (Å²) in [7, 11) is 0. The lowest BCUT2D eigenvalue weighted by atomic mass is 10.5. The van der Waals surface area contributed by atoms with Gasteiger partial charge in [-0.3, -0.25) is 0 Å². The largest absolute Gasteiger partial charge is 0.473 e. The lowest BCUT2D eigenvalue weighted by Crippen LogP contribution is -2.16. The fourth-order valence-electron chi connectivity index (χ4n) is 0.291. The fraction of sp³-hybridized carbons (Fsp3) is 0.600. The van der Waals surface area contributed by atoms with Crippen molar-refractivity contribution in [2.24, 2.45) is 0 Å². The van der Waals surface area contributed by atoms with E-state index in [1.807, 2.05) is 0 Å². The standard InChI is InChI=1S/C5H8O4S/c6-4(7)5(8)9-2-1-3-10/h10H,1-3H2,(H,6,7). The van der Waals surface area contributed by atoms with Gasteiger partial charge in [0.1, 0.15) is 0 Å². The van der Waals surface area contributed by atoms with Crippen LogP contribution in [0.4, 0.5) is 0 Å². The van der Waals surface area contributed by atoms with Crippen LogP contribution < -0.4 is 0 Å². The van der Waals surface area contributed by atoms with E-state index >= 15 is 0 Å². The topological polar surface area (TPSA) is 63.6 Å². The van der Waals surface area contributed by atoms with Crippen LogP contribution in [0.25, 0.3) is 0 Å². The lowest BCUT2D eigenvalue weighted by Gasteiger charge is -1.97. The van der Waals surface area contributed by atoms with Gasteiger partial charge in [0, 0.05) is 0 Å². The average Bonchev–Trinajstić information content (AvgIpc) is 1.88. The normalized spacial score (nSPS) is 8.90. The second-order valence-electron chi connectivity index (χ2n) is 1.52. The summed E-state index contributed by atoms with van der Waals surface area (Å²) in [5.41, 5.74) is 0. The van der Waals surface area contributed by atoms with Crippen molar-refractivity contribution in [2.75, 3.05) is 12.4 Å². The molecule has 5 heteroatoms. The third kappa shape index (κ3) is 4.20. The SMILES string of the molecule is O=C(O)C(=O)OCCCS. The molecule has 0 aliphatic carbocycles. The van der Waals surface area contributed by atoms with Crippen LogP contribution in [0.3, 0.4) is 0 Å². The summed E-state index contributed by atoms with van der Waals surface area (Å²) in [6, 6.07) is 0. The molecular weight excluding hydrogens is 156 g/mol. The molecular formula is C5H8O4S. The molecule has 0 unspecified atom stereocenters. The summed E-state index contributed by atoms with van der Waals surface area (Å²) in [6.45, 7) is 0.120. The number of hydrogen-bond donors (Lipinski definition) is 2. The number of esters is 1. The van der Waals surface area contributed by atoms with Crippen molar-refractivity contribution >= 4 is 24.6 Å². The van der Waals surface area contributed by atoms with Gasteiger partial charge in [-0.05, 0) is 12.2 Å². The number of carbonyl (C=O) groups is 2. The zero-order valence-corrected chi connectivity index (χ0v) is 6.13. The molecule has 0 atom stereocenters. The Morgan fingerprint density at radius 3 is 2.50 bits per heavy atom. The maximum Gasteiger partial charge on any atom is 0.417 e. The van der Waals surface area contributed by atoms with Crippen LogP contribution in [0.1, 0.15) is 6.42 Å². The van der Waals surface area contributed by atoms with E-state index in [0.29, 0.717) is 12.2 Å². The predicted octanol–water partition coefficient (Wildman–Crippen LogP) is -0.0659. The van der Waals surface area contributed by atoms with Crippen LogP contribution in [0.2, 0.25) is 0 Å². The first-order valence-electron chi connectivity index (χ1n) is 2.69. The van der Waals surface area contributed by atoms with Crippen molar-refractivity contribution in [3.05, 3.63) is 0 Å². The van der Waals surface area contributed by atoms with E-state index in [-0.39, 0.29) is 6.61 Å². The first kappa shape index (κ1) is 9.29. The average molecular weight is 164 g/mol. The van der Waals surface area contributed by atoms with E-state index in [9.17, 15) is 9.59 Å². The van der Waals surface area contributed by atoms with Crippen molar-refractivity contribution in [1.29, 1.82) is 0 Å². The number of carboxylic acids is 1. The van der Waals surface area contributed by atoms with Gasteiger partial charge in [-0.1, -0.05) is 0 Å². The zero-order valence-electron chi connectivity index (χ0n) is 5.24. The zero-order chi connectivity index (χ0) is 7.98. The molecule has 1 N–H and O–H groups in total. The first-order valence-corrected chi connectivity index (χ1v) is 3.32. The van der Waals surface area contributed by atoms with E-state index in [4.69, 9.17) is 5.11 Å². The summed E-state index contributed by atoms with van der Waals surface area (Å²) in [5.74, 6) is -2.19. The Morgan fingerprint density at radius 2 is 2.10 bits per heavy atom. The van der Waals surface area contributed by atoms with Crippen LogP contribution in [0.5, 0.6) is 0 Å². The van der Waals surface area contributed by atoms with Crippen LogP contribution in [-0.2, 0) is 14.3 Å². The second-order valence-corrected chi connectivity index (χ2v) is 1.97. The van der Waals surface area contributed by atoms with E-state index in [1.54, 1.807) is 0 Å². The van der Waals surface area contributed by atoms with Crippen molar-refractivity contribution in [2.45, 2.75) is 6.42 Å². The molecule has 0 saturated carbocycles. The van der Waals surface area contributed by atoms with Gasteiger partial charge in [0.25, 0.3) is 0 Å². The van der Waals surface area contributed by atoms with Crippen molar-refractivity contribution < 1.29 is 19.4 Å². The first-order chi connectivity index (χ1) is 4.68. The van der Waals surface area contributed by atoms with Crippen LogP contribution in [0, 0.1) is 0 Å². The molecule has 0 radical (unpaired) electrons. The number of rotatable bonds is 3. The Morgan fingerprint density at radius 1 is 1.50 bits per heavy atom. The number of thiol groups is 1. The highest BCUT2D eigenvalue weighted by Gasteiger charge is 2.11. The molecule has 0 rings (SSSR count). The smallest absolute Gasteiger partial charge is 0.417 e. The van der Waals surface area contributed by atoms with E-state index in [1.165, 1.54) is 0 Å². The van der Waals surface area contributed by atoms with Gasteiger partial charge < -0.3 is 9.84 Å². The van der Waals surface area contributed by atoms with Gasteiger partial charge >= 0.3 is 11.9 Å². The molecule has 58 valence electrons. The molecule has 0 aliphatic rings. The Bertz CT molecular complexity index is 134. The Balaban J connectivity index is 3.31. The third-order valence-corrected chi connectivity index (χ3v) is 1.03. The highest BCUT2D eigenvalue weighted by molar-refractivity contribution is 7.80. The molecule has 0 aromatic rings. The number of hydrogen-bond acceptors (Lipinski definition) is 4. The monoisotopic (exact) mass is 164 g/mol. The van der Waals surface area contributed by atoms with Gasteiger partial charge in [0.2, 0.25) is 0 Å². The van der Waals surface area contributed by atoms with Gasteiger partial charge in [-0.25, -0.2) is 9.59 Å². The van der Waals surface area contributed by atoms with E-state index in [0.717, 1.165) is 0 Å². The van der Waals surface area contributed by atoms with Gasteiger partial charge in [0.05, 0.1) is 6.61 Å². The van der Waals surface area contributed by atoms with Gasteiger partial charge in [-0.15, -0.1) is 0 Å².